The van der Waals surface area contributed by atoms with Crippen molar-refractivity contribution in [3.8, 4) is 23.8 Å². The standard InChI is InChI=1S/C26H25FN2O3/c1-4-16-32-24-17-19(10-15-23(24)31-3)18-28-26(30)29(2)25(20-8-6-5-7-9-20)21-11-13-22(27)14-12-21/h1,5-15,17,25H,16,18H2,2-3H3,(H,28,30). The van der Waals surface area contributed by atoms with Crippen LogP contribution in [0, 0.1) is 18.2 Å². The van der Waals surface area contributed by atoms with Crippen molar-refractivity contribution in [2.75, 3.05) is 20.8 Å². The maximum Gasteiger partial charge on any atom is 0.318 e. The maximum absolute atomic E-state index is 13.5. The molecular weight excluding hydrogens is 407 g/mol. The van der Waals surface area contributed by atoms with Crippen LogP contribution in [-0.2, 0) is 6.54 Å². The minimum atomic E-state index is -0.373. The number of methoxy groups -OCH3 is 1. The summed E-state index contributed by atoms with van der Waals surface area (Å²) in [6.07, 6.45) is 5.27. The molecule has 0 aromatic heterocycles. The van der Waals surface area contributed by atoms with Gasteiger partial charge in [0.15, 0.2) is 11.5 Å². The van der Waals surface area contributed by atoms with E-state index in [1.165, 1.54) is 12.1 Å². The normalized spacial score (nSPS) is 11.2. The van der Waals surface area contributed by atoms with E-state index in [9.17, 15) is 9.18 Å². The quantitative estimate of drug-likeness (QED) is 0.522. The molecule has 0 aliphatic carbocycles. The number of halogens is 1. The van der Waals surface area contributed by atoms with E-state index >= 15 is 0 Å². The molecule has 1 unspecified atom stereocenters. The first kappa shape index (κ1) is 22.7. The van der Waals surface area contributed by atoms with Gasteiger partial charge in [0.05, 0.1) is 13.2 Å². The zero-order valence-electron chi connectivity index (χ0n) is 18.0. The summed E-state index contributed by atoms with van der Waals surface area (Å²) in [5.74, 6) is 3.17. The van der Waals surface area contributed by atoms with E-state index in [0.717, 1.165) is 16.7 Å². The van der Waals surface area contributed by atoms with Crippen molar-refractivity contribution in [3.63, 3.8) is 0 Å². The number of urea groups is 1. The van der Waals surface area contributed by atoms with Gasteiger partial charge in [0.2, 0.25) is 0 Å². The summed E-state index contributed by atoms with van der Waals surface area (Å²) in [6.45, 7) is 0.399. The van der Waals surface area contributed by atoms with Crippen LogP contribution in [0.4, 0.5) is 9.18 Å². The molecule has 0 aliphatic heterocycles. The van der Waals surface area contributed by atoms with Gasteiger partial charge in [-0.2, -0.15) is 0 Å². The number of amides is 2. The van der Waals surface area contributed by atoms with Gasteiger partial charge in [-0.1, -0.05) is 54.5 Å². The predicted molar refractivity (Wildman–Crippen MR) is 122 cm³/mol. The maximum atomic E-state index is 13.5. The number of carbonyl (C=O) groups excluding carboxylic acids is 1. The van der Waals surface area contributed by atoms with Crippen LogP contribution in [0.5, 0.6) is 11.5 Å². The third-order valence-electron chi connectivity index (χ3n) is 4.99. The van der Waals surface area contributed by atoms with Gasteiger partial charge in [-0.15, -0.1) is 6.42 Å². The summed E-state index contributed by atoms with van der Waals surface area (Å²) in [6, 6.07) is 20.5. The van der Waals surface area contributed by atoms with Crippen molar-refractivity contribution < 1.29 is 18.7 Å². The summed E-state index contributed by atoms with van der Waals surface area (Å²) in [5, 5.41) is 2.93. The number of benzene rings is 3. The Morgan fingerprint density at radius 1 is 1.06 bits per heavy atom. The van der Waals surface area contributed by atoms with E-state index in [4.69, 9.17) is 15.9 Å². The summed E-state index contributed by atoms with van der Waals surface area (Å²) in [5.41, 5.74) is 2.56. The first-order valence-corrected chi connectivity index (χ1v) is 10.1. The number of hydrogen-bond acceptors (Lipinski definition) is 3. The van der Waals surface area contributed by atoms with Gasteiger partial charge in [-0.3, -0.25) is 0 Å². The fourth-order valence-electron chi connectivity index (χ4n) is 3.40. The predicted octanol–water partition coefficient (Wildman–Crippen LogP) is 4.78. The summed E-state index contributed by atoms with van der Waals surface area (Å²) in [4.78, 5) is 14.6. The van der Waals surface area contributed by atoms with Crippen molar-refractivity contribution in [3.05, 3.63) is 95.3 Å². The van der Waals surface area contributed by atoms with Crippen molar-refractivity contribution in [1.29, 1.82) is 0 Å². The first-order valence-electron chi connectivity index (χ1n) is 10.1. The van der Waals surface area contributed by atoms with Gasteiger partial charge in [-0.25, -0.2) is 9.18 Å². The van der Waals surface area contributed by atoms with E-state index in [1.807, 2.05) is 36.4 Å². The van der Waals surface area contributed by atoms with Gasteiger partial charge < -0.3 is 19.7 Å². The molecule has 0 fully saturated rings. The van der Waals surface area contributed by atoms with E-state index in [0.29, 0.717) is 11.5 Å². The molecule has 1 N–H and O–H groups in total. The Morgan fingerprint density at radius 2 is 1.75 bits per heavy atom. The molecule has 6 heteroatoms. The molecule has 3 aromatic rings. The monoisotopic (exact) mass is 432 g/mol. The molecule has 5 nitrogen and oxygen atoms in total. The molecule has 0 saturated carbocycles. The summed E-state index contributed by atoms with van der Waals surface area (Å²) < 4.78 is 24.3. The Bertz CT molecular complexity index is 1080. The lowest BCUT2D eigenvalue weighted by Crippen LogP contribution is -2.39. The molecule has 0 saturated heterocycles. The number of terminal acetylenes is 1. The van der Waals surface area contributed by atoms with Crippen LogP contribution in [0.3, 0.4) is 0 Å². The molecule has 32 heavy (non-hydrogen) atoms. The number of nitrogens with one attached hydrogen (secondary N) is 1. The smallest absolute Gasteiger partial charge is 0.318 e. The topological polar surface area (TPSA) is 50.8 Å². The van der Waals surface area contributed by atoms with Gasteiger partial charge >= 0.3 is 6.03 Å². The lowest BCUT2D eigenvalue weighted by molar-refractivity contribution is 0.198. The molecule has 0 heterocycles. The Balaban J connectivity index is 1.77. The van der Waals surface area contributed by atoms with Crippen molar-refractivity contribution in [2.24, 2.45) is 0 Å². The number of nitrogens with zero attached hydrogens (tertiary/aromatic N) is 1. The molecule has 2 amide bonds. The summed E-state index contributed by atoms with van der Waals surface area (Å²) in [7, 11) is 3.26. The summed E-state index contributed by atoms with van der Waals surface area (Å²) >= 11 is 0. The van der Waals surface area contributed by atoms with Crippen LogP contribution < -0.4 is 14.8 Å². The van der Waals surface area contributed by atoms with Crippen LogP contribution in [0.25, 0.3) is 0 Å². The molecule has 0 spiro atoms. The Kier molecular flexibility index (Phi) is 7.71. The van der Waals surface area contributed by atoms with Crippen LogP contribution in [-0.4, -0.2) is 31.7 Å². The van der Waals surface area contributed by atoms with Crippen molar-refractivity contribution >= 4 is 6.03 Å². The zero-order chi connectivity index (χ0) is 22.9. The Morgan fingerprint density at radius 3 is 2.41 bits per heavy atom. The molecular formula is C26H25FN2O3. The van der Waals surface area contributed by atoms with Gasteiger partial charge in [0.1, 0.15) is 12.4 Å². The van der Waals surface area contributed by atoms with Crippen LogP contribution in [0.2, 0.25) is 0 Å². The lowest BCUT2D eigenvalue weighted by atomic mass is 9.97. The second kappa shape index (κ2) is 10.9. The highest BCUT2D eigenvalue weighted by atomic mass is 19.1. The van der Waals surface area contributed by atoms with Crippen LogP contribution in [0.1, 0.15) is 22.7 Å². The molecule has 0 bridgehead atoms. The third-order valence-corrected chi connectivity index (χ3v) is 4.99. The number of ether oxygens (including phenoxy) is 2. The average molecular weight is 432 g/mol. The highest BCUT2D eigenvalue weighted by molar-refractivity contribution is 5.75. The second-order valence-corrected chi connectivity index (χ2v) is 7.11. The van der Waals surface area contributed by atoms with Crippen LogP contribution in [0.15, 0.2) is 72.8 Å². The van der Waals surface area contributed by atoms with Gasteiger partial charge in [0, 0.05) is 13.6 Å². The molecule has 0 radical (unpaired) electrons. The molecule has 164 valence electrons. The lowest BCUT2D eigenvalue weighted by Gasteiger charge is -2.29. The average Bonchev–Trinajstić information content (AvgIpc) is 2.83. The largest absolute Gasteiger partial charge is 0.493 e. The van der Waals surface area contributed by atoms with Crippen molar-refractivity contribution in [2.45, 2.75) is 12.6 Å². The second-order valence-electron chi connectivity index (χ2n) is 7.11. The van der Waals surface area contributed by atoms with Crippen LogP contribution >= 0.6 is 0 Å². The highest BCUT2D eigenvalue weighted by Gasteiger charge is 2.23. The fraction of sp³-hybridized carbons (Fsp3) is 0.192. The number of hydrogen-bond donors (Lipinski definition) is 1. The fourth-order valence-corrected chi connectivity index (χ4v) is 3.40. The van der Waals surface area contributed by atoms with Gasteiger partial charge in [0.25, 0.3) is 0 Å². The molecule has 1 atom stereocenters. The van der Waals surface area contributed by atoms with E-state index in [1.54, 1.807) is 43.3 Å². The first-order chi connectivity index (χ1) is 15.5. The molecule has 3 rings (SSSR count). The minimum Gasteiger partial charge on any atom is -0.493 e. The Hall–Kier alpha value is -3.98. The van der Waals surface area contributed by atoms with E-state index in [2.05, 4.69) is 11.2 Å². The minimum absolute atomic E-state index is 0.116. The number of carbonyl (C=O) groups is 1. The van der Waals surface area contributed by atoms with Gasteiger partial charge in [-0.05, 0) is 41.0 Å². The van der Waals surface area contributed by atoms with Crippen molar-refractivity contribution in [1.82, 2.24) is 10.2 Å². The molecule has 3 aromatic carbocycles. The SMILES string of the molecule is C#CCOc1cc(CNC(=O)N(C)C(c2ccccc2)c2ccc(F)cc2)ccc1OC. The Labute approximate surface area is 187 Å². The van der Waals surface area contributed by atoms with E-state index in [-0.39, 0.29) is 31.0 Å². The third kappa shape index (κ3) is 5.58. The number of rotatable bonds is 8. The molecule has 0 aliphatic rings. The highest BCUT2D eigenvalue weighted by Crippen LogP contribution is 2.29. The zero-order valence-corrected chi connectivity index (χ0v) is 18.0. The van der Waals surface area contributed by atoms with E-state index < -0.39 is 0 Å².